The van der Waals surface area contributed by atoms with Crippen molar-refractivity contribution in [3.05, 3.63) is 29.0 Å². The van der Waals surface area contributed by atoms with E-state index >= 15 is 0 Å². The molecule has 0 unspecified atom stereocenters. The van der Waals surface area contributed by atoms with E-state index in [0.29, 0.717) is 44.9 Å². The van der Waals surface area contributed by atoms with E-state index in [4.69, 9.17) is 21.1 Å². The van der Waals surface area contributed by atoms with Gasteiger partial charge in [0.05, 0.1) is 17.2 Å². The smallest absolute Gasteiger partial charge is 0.407 e. The summed E-state index contributed by atoms with van der Waals surface area (Å²) in [4.78, 5) is 26.1. The van der Waals surface area contributed by atoms with Crippen LogP contribution in [0.15, 0.2) is 18.2 Å². The fourth-order valence-electron chi connectivity index (χ4n) is 4.65. The lowest BCUT2D eigenvalue weighted by molar-refractivity contribution is -0.144. The zero-order valence-corrected chi connectivity index (χ0v) is 17.3. The summed E-state index contributed by atoms with van der Waals surface area (Å²) in [6.07, 6.45) is 3.56. The van der Waals surface area contributed by atoms with Gasteiger partial charge in [-0.15, -0.1) is 0 Å². The Balaban J connectivity index is 1.29. The first kappa shape index (κ1) is 20.3. The maximum Gasteiger partial charge on any atom is 0.407 e. The molecule has 2 saturated heterocycles. The number of carbonyl (C=O) groups is 2. The van der Waals surface area contributed by atoms with Gasteiger partial charge in [0.25, 0.3) is 0 Å². The Morgan fingerprint density at radius 2 is 2.10 bits per heavy atom. The van der Waals surface area contributed by atoms with E-state index in [9.17, 15) is 14.0 Å². The summed E-state index contributed by atoms with van der Waals surface area (Å²) in [5.74, 6) is 0.227. The van der Waals surface area contributed by atoms with Gasteiger partial charge in [-0.1, -0.05) is 18.5 Å². The Bertz CT molecular complexity index is 804. The molecule has 4 rings (SSSR count). The largest absolute Gasteiger partial charge is 0.491 e. The molecule has 2 amide bonds. The fourth-order valence-corrected chi connectivity index (χ4v) is 4.87. The molecule has 2 aliphatic heterocycles. The zero-order valence-electron chi connectivity index (χ0n) is 16.5. The van der Waals surface area contributed by atoms with E-state index in [1.54, 1.807) is 6.07 Å². The molecule has 29 heavy (non-hydrogen) atoms. The molecule has 2 heterocycles. The van der Waals surface area contributed by atoms with Crippen LogP contribution in [0.2, 0.25) is 5.02 Å². The van der Waals surface area contributed by atoms with Crippen molar-refractivity contribution < 1.29 is 23.5 Å². The molecule has 0 radical (unpaired) electrons. The highest BCUT2D eigenvalue weighted by Gasteiger charge is 2.53. The number of alkyl carbamates (subject to hydrolysis) is 1. The SMILES string of the molecule is CCC1(COc2ccc(F)cc2Cl)CCN(C(=O)[C@H]2C[C@@]3(COC(=O)N3)C2)CC1. The quantitative estimate of drug-likeness (QED) is 0.781. The van der Waals surface area contributed by atoms with Crippen molar-refractivity contribution in [3.8, 4) is 5.75 Å². The van der Waals surface area contributed by atoms with Crippen molar-refractivity contribution in [1.29, 1.82) is 0 Å². The van der Waals surface area contributed by atoms with Crippen molar-refractivity contribution in [2.45, 2.75) is 44.6 Å². The Hall–Kier alpha value is -2.02. The second-order valence-corrected chi connectivity index (χ2v) is 9.04. The third-order valence-electron chi connectivity index (χ3n) is 6.78. The number of hydrogen-bond acceptors (Lipinski definition) is 4. The minimum atomic E-state index is -0.388. The lowest BCUT2D eigenvalue weighted by Gasteiger charge is -2.46. The van der Waals surface area contributed by atoms with Gasteiger partial charge in [-0.3, -0.25) is 4.79 Å². The third kappa shape index (κ3) is 4.02. The summed E-state index contributed by atoms with van der Waals surface area (Å²) in [7, 11) is 0. The number of carbonyl (C=O) groups excluding carboxylic acids is 2. The van der Waals surface area contributed by atoms with E-state index in [0.717, 1.165) is 19.3 Å². The van der Waals surface area contributed by atoms with Gasteiger partial charge >= 0.3 is 6.09 Å². The maximum absolute atomic E-state index is 13.2. The number of nitrogens with one attached hydrogen (secondary N) is 1. The molecule has 3 fully saturated rings. The van der Waals surface area contributed by atoms with Gasteiger partial charge in [0.1, 0.15) is 18.2 Å². The molecule has 158 valence electrons. The second kappa shape index (κ2) is 7.67. The zero-order chi connectivity index (χ0) is 20.6. The number of cyclic esters (lactones) is 1. The lowest BCUT2D eigenvalue weighted by Crippen LogP contribution is -2.59. The van der Waals surface area contributed by atoms with Gasteiger partial charge < -0.3 is 19.7 Å². The molecule has 1 spiro atoms. The first-order chi connectivity index (χ1) is 13.8. The summed E-state index contributed by atoms with van der Waals surface area (Å²) in [6, 6.07) is 4.14. The molecule has 8 heteroatoms. The number of hydrogen-bond donors (Lipinski definition) is 1. The van der Waals surface area contributed by atoms with Gasteiger partial charge in [-0.05, 0) is 50.3 Å². The van der Waals surface area contributed by atoms with Crippen LogP contribution in [0.1, 0.15) is 39.0 Å². The molecule has 0 bridgehead atoms. The molecule has 0 aromatic heterocycles. The van der Waals surface area contributed by atoms with Gasteiger partial charge in [0.2, 0.25) is 5.91 Å². The molecule has 1 aromatic carbocycles. The number of amides is 2. The predicted molar refractivity (Wildman–Crippen MR) is 105 cm³/mol. The average molecular weight is 425 g/mol. The molecule has 3 aliphatic rings. The van der Waals surface area contributed by atoms with Crippen molar-refractivity contribution in [3.63, 3.8) is 0 Å². The van der Waals surface area contributed by atoms with Crippen molar-refractivity contribution in [2.24, 2.45) is 11.3 Å². The molecule has 1 aliphatic carbocycles. The van der Waals surface area contributed by atoms with Crippen molar-refractivity contribution in [1.82, 2.24) is 10.2 Å². The normalized spacial score (nSPS) is 27.9. The monoisotopic (exact) mass is 424 g/mol. The van der Waals surface area contributed by atoms with Crippen molar-refractivity contribution in [2.75, 3.05) is 26.3 Å². The van der Waals surface area contributed by atoms with Crippen LogP contribution in [-0.2, 0) is 9.53 Å². The molecule has 6 nitrogen and oxygen atoms in total. The van der Waals surface area contributed by atoms with E-state index < -0.39 is 0 Å². The summed E-state index contributed by atoms with van der Waals surface area (Å²) in [6.45, 7) is 4.37. The Morgan fingerprint density at radius 1 is 1.38 bits per heavy atom. The second-order valence-electron chi connectivity index (χ2n) is 8.63. The van der Waals surface area contributed by atoms with Crippen LogP contribution in [0.4, 0.5) is 9.18 Å². The van der Waals surface area contributed by atoms with Gasteiger partial charge in [0.15, 0.2) is 0 Å². The van der Waals surface area contributed by atoms with Crippen LogP contribution in [0.5, 0.6) is 5.75 Å². The van der Waals surface area contributed by atoms with Gasteiger partial charge in [-0.25, -0.2) is 9.18 Å². The molecule has 0 atom stereocenters. The molecule has 1 N–H and O–H groups in total. The van der Waals surface area contributed by atoms with E-state index in [1.807, 2.05) is 4.90 Å². The van der Waals surface area contributed by atoms with Crippen LogP contribution >= 0.6 is 11.6 Å². The Kier molecular flexibility index (Phi) is 5.36. The maximum atomic E-state index is 13.2. The number of nitrogens with zero attached hydrogens (tertiary/aromatic N) is 1. The first-order valence-electron chi connectivity index (χ1n) is 10.2. The number of ether oxygens (including phenoxy) is 2. The average Bonchev–Trinajstić information content (AvgIpc) is 3.08. The minimum Gasteiger partial charge on any atom is -0.491 e. The van der Waals surface area contributed by atoms with Crippen LogP contribution in [-0.4, -0.2) is 48.7 Å². The lowest BCUT2D eigenvalue weighted by atomic mass is 9.68. The third-order valence-corrected chi connectivity index (χ3v) is 7.08. The van der Waals surface area contributed by atoms with E-state index in [2.05, 4.69) is 12.2 Å². The van der Waals surface area contributed by atoms with Crippen LogP contribution in [0, 0.1) is 17.2 Å². The number of likely N-dealkylation sites (tertiary alicyclic amines) is 1. The number of piperidine rings is 1. The number of benzene rings is 1. The Morgan fingerprint density at radius 3 is 2.69 bits per heavy atom. The molecular weight excluding hydrogens is 399 g/mol. The molecule has 1 saturated carbocycles. The van der Waals surface area contributed by atoms with Crippen LogP contribution < -0.4 is 10.1 Å². The minimum absolute atomic E-state index is 0.0252. The highest BCUT2D eigenvalue weighted by Crippen LogP contribution is 2.43. The summed E-state index contributed by atoms with van der Waals surface area (Å²) in [5.41, 5.74) is -0.356. The van der Waals surface area contributed by atoms with Gasteiger partial charge in [0, 0.05) is 24.4 Å². The number of rotatable bonds is 5. The highest BCUT2D eigenvalue weighted by atomic mass is 35.5. The number of halogens is 2. The Labute approximate surface area is 174 Å². The van der Waals surface area contributed by atoms with Crippen molar-refractivity contribution >= 4 is 23.6 Å². The molecular formula is C21H26ClFN2O4. The summed E-state index contributed by atoms with van der Waals surface area (Å²) >= 11 is 6.07. The predicted octanol–water partition coefficient (Wildman–Crippen LogP) is 3.77. The highest BCUT2D eigenvalue weighted by molar-refractivity contribution is 6.32. The standard InChI is InChI=1S/C21H26ClFN2O4/c1-2-20(12-28-17-4-3-15(23)9-16(17)22)5-7-25(8-6-20)18(26)14-10-21(11-14)13-29-19(27)24-21/h3-4,9,14H,2,5-8,10-13H2,1H3,(H,24,27)/t14-,21-. The molecule has 1 aromatic rings. The van der Waals surface area contributed by atoms with Crippen LogP contribution in [0.3, 0.4) is 0 Å². The first-order valence-corrected chi connectivity index (χ1v) is 10.5. The van der Waals surface area contributed by atoms with E-state index in [-0.39, 0.29) is 39.7 Å². The fraction of sp³-hybridized carbons (Fsp3) is 0.619. The van der Waals surface area contributed by atoms with Gasteiger partial charge in [-0.2, -0.15) is 0 Å². The summed E-state index contributed by atoms with van der Waals surface area (Å²) < 4.78 is 24.1. The van der Waals surface area contributed by atoms with Crippen LogP contribution in [0.25, 0.3) is 0 Å². The topological polar surface area (TPSA) is 67.9 Å². The van der Waals surface area contributed by atoms with E-state index in [1.165, 1.54) is 12.1 Å². The summed E-state index contributed by atoms with van der Waals surface area (Å²) in [5, 5.41) is 3.10.